The molecular formula is C19H22N2O3. The Morgan fingerprint density at radius 2 is 1.83 bits per heavy atom. The first-order valence-corrected chi connectivity index (χ1v) is 8.29. The van der Waals surface area contributed by atoms with E-state index >= 15 is 0 Å². The zero-order valence-electron chi connectivity index (χ0n) is 14.0. The van der Waals surface area contributed by atoms with Gasteiger partial charge >= 0.3 is 0 Å². The monoisotopic (exact) mass is 326 g/mol. The number of nitrogens with one attached hydrogen (secondary N) is 2. The third kappa shape index (κ3) is 3.30. The lowest BCUT2D eigenvalue weighted by Gasteiger charge is -2.28. The third-order valence-electron chi connectivity index (χ3n) is 3.81. The number of carbonyl (C=O) groups excluding carboxylic acids is 1. The number of hydrogen-bond donors (Lipinski definition) is 2. The summed E-state index contributed by atoms with van der Waals surface area (Å²) in [5.74, 6) is 1.34. The second-order valence-electron chi connectivity index (χ2n) is 5.58. The van der Waals surface area contributed by atoms with E-state index in [1.165, 1.54) is 0 Å². The van der Waals surface area contributed by atoms with Crippen LogP contribution in [0, 0.1) is 0 Å². The Kier molecular flexibility index (Phi) is 4.89. The van der Waals surface area contributed by atoms with E-state index in [2.05, 4.69) is 17.6 Å². The molecule has 0 aliphatic carbocycles. The van der Waals surface area contributed by atoms with Crippen LogP contribution in [0.1, 0.15) is 42.4 Å². The molecule has 1 aliphatic heterocycles. The summed E-state index contributed by atoms with van der Waals surface area (Å²) in [6.45, 7) is 5.20. The van der Waals surface area contributed by atoms with Crippen LogP contribution in [-0.2, 0) is 0 Å². The van der Waals surface area contributed by atoms with Crippen LogP contribution in [0.4, 0.5) is 5.69 Å². The Labute approximate surface area is 142 Å². The number of fused-ring (bicyclic) bond motifs is 1. The van der Waals surface area contributed by atoms with Crippen molar-refractivity contribution in [3.63, 3.8) is 0 Å². The van der Waals surface area contributed by atoms with Crippen molar-refractivity contribution in [1.82, 2.24) is 5.32 Å². The van der Waals surface area contributed by atoms with E-state index in [0.717, 1.165) is 23.4 Å². The van der Waals surface area contributed by atoms with Crippen molar-refractivity contribution in [2.24, 2.45) is 0 Å². The lowest BCUT2D eigenvalue weighted by Crippen LogP contribution is -2.38. The average Bonchev–Trinajstić information content (AvgIpc) is 2.61. The molecule has 0 unspecified atom stereocenters. The molecule has 1 atom stereocenters. The quantitative estimate of drug-likeness (QED) is 0.849. The zero-order chi connectivity index (χ0) is 16.9. The van der Waals surface area contributed by atoms with Crippen LogP contribution in [0.3, 0.4) is 0 Å². The fourth-order valence-corrected chi connectivity index (χ4v) is 2.68. The zero-order valence-corrected chi connectivity index (χ0v) is 14.0. The summed E-state index contributed by atoms with van der Waals surface area (Å²) in [5.41, 5.74) is 2.41. The normalized spacial score (nSPS) is 15.9. The summed E-state index contributed by atoms with van der Waals surface area (Å²) >= 11 is 0. The average molecular weight is 326 g/mol. The van der Waals surface area contributed by atoms with Gasteiger partial charge in [0.2, 0.25) is 0 Å². The van der Waals surface area contributed by atoms with Crippen LogP contribution < -0.4 is 20.1 Å². The minimum absolute atomic E-state index is 0.0840. The summed E-state index contributed by atoms with van der Waals surface area (Å²) in [5, 5.41) is 6.33. The fraction of sp³-hybridized carbons (Fsp3) is 0.316. The van der Waals surface area contributed by atoms with Crippen molar-refractivity contribution in [3.8, 4) is 11.5 Å². The first-order chi connectivity index (χ1) is 11.7. The molecule has 0 saturated heterocycles. The summed E-state index contributed by atoms with van der Waals surface area (Å²) in [7, 11) is 0. The SMILES string of the molecule is CCCOc1cc([C@@H]2NC(=O)c3ccccc3N2)ccc1OCC. The minimum Gasteiger partial charge on any atom is -0.490 e. The van der Waals surface area contributed by atoms with E-state index in [-0.39, 0.29) is 12.1 Å². The topological polar surface area (TPSA) is 59.6 Å². The van der Waals surface area contributed by atoms with Crippen molar-refractivity contribution in [3.05, 3.63) is 53.6 Å². The molecule has 0 radical (unpaired) electrons. The second kappa shape index (κ2) is 7.25. The van der Waals surface area contributed by atoms with E-state index in [9.17, 15) is 4.79 Å². The largest absolute Gasteiger partial charge is 0.490 e. The molecule has 0 saturated carbocycles. The molecule has 0 bridgehead atoms. The van der Waals surface area contributed by atoms with Crippen LogP contribution in [-0.4, -0.2) is 19.1 Å². The van der Waals surface area contributed by atoms with E-state index < -0.39 is 0 Å². The molecule has 5 nitrogen and oxygen atoms in total. The number of rotatable bonds is 6. The number of anilines is 1. The highest BCUT2D eigenvalue weighted by Gasteiger charge is 2.24. The van der Waals surface area contributed by atoms with Crippen molar-refractivity contribution in [2.45, 2.75) is 26.4 Å². The van der Waals surface area contributed by atoms with Gasteiger partial charge in [-0.15, -0.1) is 0 Å². The van der Waals surface area contributed by atoms with Gasteiger partial charge in [-0.3, -0.25) is 4.79 Å². The van der Waals surface area contributed by atoms with Crippen molar-refractivity contribution in [1.29, 1.82) is 0 Å². The Morgan fingerprint density at radius 1 is 1.00 bits per heavy atom. The third-order valence-corrected chi connectivity index (χ3v) is 3.81. The molecule has 0 fully saturated rings. The summed E-state index contributed by atoms with van der Waals surface area (Å²) in [6.07, 6.45) is 0.619. The van der Waals surface area contributed by atoms with Crippen molar-refractivity contribution < 1.29 is 14.3 Å². The highest BCUT2D eigenvalue weighted by molar-refractivity contribution is 6.01. The van der Waals surface area contributed by atoms with Gasteiger partial charge in [0.25, 0.3) is 5.91 Å². The molecule has 5 heteroatoms. The van der Waals surface area contributed by atoms with Gasteiger partial charge in [0.15, 0.2) is 11.5 Å². The number of amides is 1. The van der Waals surface area contributed by atoms with Crippen LogP contribution in [0.2, 0.25) is 0 Å². The van der Waals surface area contributed by atoms with Crippen LogP contribution >= 0.6 is 0 Å². The molecule has 1 aliphatic rings. The molecule has 2 aromatic rings. The summed E-state index contributed by atoms with van der Waals surface area (Å²) in [4.78, 5) is 12.3. The molecular weight excluding hydrogens is 304 g/mol. The lowest BCUT2D eigenvalue weighted by molar-refractivity contribution is 0.0935. The highest BCUT2D eigenvalue weighted by atomic mass is 16.5. The molecule has 0 spiro atoms. The Hall–Kier alpha value is -2.69. The molecule has 24 heavy (non-hydrogen) atoms. The minimum atomic E-state index is -0.299. The lowest BCUT2D eigenvalue weighted by atomic mass is 10.1. The molecule has 2 N–H and O–H groups in total. The number of hydrogen-bond acceptors (Lipinski definition) is 4. The summed E-state index contributed by atoms with van der Waals surface area (Å²) in [6, 6.07) is 13.2. The van der Waals surface area contributed by atoms with E-state index in [0.29, 0.717) is 24.5 Å². The van der Waals surface area contributed by atoms with Gasteiger partial charge in [0, 0.05) is 5.69 Å². The maximum atomic E-state index is 12.3. The standard InChI is InChI=1S/C19H22N2O3/c1-3-11-24-17-12-13(9-10-16(17)23-4-2)18-20-15-8-6-5-7-14(15)19(22)21-18/h5-10,12,18,20H,3-4,11H2,1-2H3,(H,21,22)/t18-/m0/s1. The first kappa shape index (κ1) is 16.2. The van der Waals surface area contributed by atoms with E-state index in [1.54, 1.807) is 0 Å². The second-order valence-corrected chi connectivity index (χ2v) is 5.58. The Balaban J connectivity index is 1.88. The predicted octanol–water partition coefficient (Wildman–Crippen LogP) is 3.73. The maximum absolute atomic E-state index is 12.3. The van der Waals surface area contributed by atoms with Crippen LogP contribution in [0.5, 0.6) is 11.5 Å². The number of para-hydroxylation sites is 1. The van der Waals surface area contributed by atoms with Gasteiger partial charge in [0.05, 0.1) is 18.8 Å². The molecule has 0 aromatic heterocycles. The predicted molar refractivity (Wildman–Crippen MR) is 93.7 cm³/mol. The Morgan fingerprint density at radius 3 is 2.62 bits per heavy atom. The Bertz CT molecular complexity index is 730. The van der Waals surface area contributed by atoms with Crippen molar-refractivity contribution >= 4 is 11.6 Å². The van der Waals surface area contributed by atoms with E-state index in [1.807, 2.05) is 49.4 Å². The molecule has 3 rings (SSSR count). The number of ether oxygens (including phenoxy) is 2. The van der Waals surface area contributed by atoms with Crippen molar-refractivity contribution in [2.75, 3.05) is 18.5 Å². The molecule has 2 aromatic carbocycles. The van der Waals surface area contributed by atoms with Gasteiger partial charge in [-0.2, -0.15) is 0 Å². The highest BCUT2D eigenvalue weighted by Crippen LogP contribution is 2.33. The van der Waals surface area contributed by atoms with Gasteiger partial charge in [-0.25, -0.2) is 0 Å². The fourth-order valence-electron chi connectivity index (χ4n) is 2.68. The smallest absolute Gasteiger partial charge is 0.255 e. The maximum Gasteiger partial charge on any atom is 0.255 e. The number of benzene rings is 2. The van der Waals surface area contributed by atoms with Crippen LogP contribution in [0.25, 0.3) is 0 Å². The molecule has 1 heterocycles. The van der Waals surface area contributed by atoms with Gasteiger partial charge in [-0.05, 0) is 43.2 Å². The van der Waals surface area contributed by atoms with Gasteiger partial charge < -0.3 is 20.1 Å². The molecule has 126 valence electrons. The first-order valence-electron chi connectivity index (χ1n) is 8.29. The summed E-state index contributed by atoms with van der Waals surface area (Å²) < 4.78 is 11.4. The van der Waals surface area contributed by atoms with Gasteiger partial charge in [0.1, 0.15) is 6.17 Å². The molecule has 1 amide bonds. The number of carbonyl (C=O) groups is 1. The van der Waals surface area contributed by atoms with Gasteiger partial charge in [-0.1, -0.05) is 25.1 Å². The van der Waals surface area contributed by atoms with Crippen LogP contribution in [0.15, 0.2) is 42.5 Å². The van der Waals surface area contributed by atoms with E-state index in [4.69, 9.17) is 9.47 Å².